The molecular weight excluding hydrogens is 387 g/mol. The Hall–Kier alpha value is -2.35. The van der Waals surface area contributed by atoms with Crippen molar-refractivity contribution in [3.05, 3.63) is 35.6 Å². The Kier molecular flexibility index (Phi) is 8.89. The number of aliphatic imine (C=N–C) groups is 1. The lowest BCUT2D eigenvalue weighted by Gasteiger charge is -2.31. The van der Waals surface area contributed by atoms with Crippen molar-refractivity contribution in [2.24, 2.45) is 4.99 Å². The molecule has 1 aliphatic carbocycles. The zero-order chi connectivity index (χ0) is 22.1. The molecule has 7 nitrogen and oxygen atoms in total. The lowest BCUT2D eigenvalue weighted by atomic mass is 9.91. The van der Waals surface area contributed by atoms with Gasteiger partial charge in [0.15, 0.2) is 5.96 Å². The highest BCUT2D eigenvalue weighted by Gasteiger charge is 2.25. The van der Waals surface area contributed by atoms with Crippen LogP contribution in [0.15, 0.2) is 29.3 Å². The van der Waals surface area contributed by atoms with Crippen LogP contribution in [0.5, 0.6) is 0 Å². The molecule has 4 N–H and O–H groups in total. The van der Waals surface area contributed by atoms with E-state index in [1.54, 1.807) is 12.1 Å². The fourth-order valence-corrected chi connectivity index (χ4v) is 3.34. The average Bonchev–Trinajstić information content (AvgIpc) is 2.66. The van der Waals surface area contributed by atoms with Gasteiger partial charge in [0.1, 0.15) is 11.4 Å². The van der Waals surface area contributed by atoms with E-state index in [0.717, 1.165) is 25.7 Å². The van der Waals surface area contributed by atoms with E-state index in [9.17, 15) is 14.3 Å². The predicted octanol–water partition coefficient (Wildman–Crippen LogP) is 3.25. The van der Waals surface area contributed by atoms with Gasteiger partial charge in [0.2, 0.25) is 0 Å². The molecule has 1 aliphatic rings. The predicted molar refractivity (Wildman–Crippen MR) is 116 cm³/mol. The summed E-state index contributed by atoms with van der Waals surface area (Å²) >= 11 is 0. The van der Waals surface area contributed by atoms with Crippen molar-refractivity contribution in [2.75, 3.05) is 13.1 Å². The van der Waals surface area contributed by atoms with Gasteiger partial charge < -0.3 is 25.8 Å². The van der Waals surface area contributed by atoms with Crippen molar-refractivity contribution < 1.29 is 19.0 Å². The van der Waals surface area contributed by atoms with Crippen molar-refractivity contribution in [3.8, 4) is 0 Å². The molecule has 0 radical (unpaired) electrons. The molecule has 1 saturated carbocycles. The Bertz CT molecular complexity index is 695. The number of amides is 1. The number of nitrogens with one attached hydrogen (secondary N) is 3. The minimum atomic E-state index is -0.796. The molecule has 1 unspecified atom stereocenters. The van der Waals surface area contributed by atoms with E-state index in [4.69, 9.17) is 4.74 Å². The van der Waals surface area contributed by atoms with Crippen LogP contribution in [0.4, 0.5) is 9.18 Å². The van der Waals surface area contributed by atoms with Crippen molar-refractivity contribution in [2.45, 2.75) is 77.2 Å². The third kappa shape index (κ3) is 8.57. The number of hydrogen-bond acceptors (Lipinski definition) is 4. The molecule has 0 spiro atoms. The Labute approximate surface area is 178 Å². The summed E-state index contributed by atoms with van der Waals surface area (Å²) in [5.74, 6) is 0.309. The highest BCUT2D eigenvalue weighted by Crippen LogP contribution is 2.19. The Morgan fingerprint density at radius 3 is 2.27 bits per heavy atom. The normalized spacial score (nSPS) is 20.9. The van der Waals surface area contributed by atoms with Crippen LogP contribution in [0, 0.1) is 5.82 Å². The first-order valence-corrected chi connectivity index (χ1v) is 10.6. The van der Waals surface area contributed by atoms with Crippen molar-refractivity contribution >= 4 is 12.1 Å². The summed E-state index contributed by atoms with van der Waals surface area (Å²) in [4.78, 5) is 16.4. The summed E-state index contributed by atoms with van der Waals surface area (Å²) in [7, 11) is 0. The molecule has 1 atom stereocenters. The van der Waals surface area contributed by atoms with Gasteiger partial charge in [-0.05, 0) is 71.1 Å². The van der Waals surface area contributed by atoms with Crippen LogP contribution >= 0.6 is 0 Å². The zero-order valence-corrected chi connectivity index (χ0v) is 18.4. The Balaban J connectivity index is 1.82. The number of aliphatic hydroxyl groups excluding tert-OH is 1. The first-order chi connectivity index (χ1) is 14.2. The third-order valence-electron chi connectivity index (χ3n) is 4.81. The molecule has 168 valence electrons. The quantitative estimate of drug-likeness (QED) is 0.417. The van der Waals surface area contributed by atoms with Crippen LogP contribution in [0.1, 0.15) is 65.0 Å². The van der Waals surface area contributed by atoms with Crippen LogP contribution in [-0.4, -0.2) is 47.9 Å². The number of rotatable bonds is 6. The van der Waals surface area contributed by atoms with Crippen molar-refractivity contribution in [1.82, 2.24) is 16.0 Å². The van der Waals surface area contributed by atoms with Crippen LogP contribution < -0.4 is 16.0 Å². The number of carbonyl (C=O) groups excluding carboxylic acids is 1. The number of benzene rings is 1. The van der Waals surface area contributed by atoms with E-state index in [0.29, 0.717) is 18.1 Å². The first kappa shape index (κ1) is 23.9. The summed E-state index contributed by atoms with van der Waals surface area (Å²) in [6.07, 6.45) is 2.33. The Morgan fingerprint density at radius 1 is 1.17 bits per heavy atom. The number of carbonyl (C=O) groups is 1. The zero-order valence-electron chi connectivity index (χ0n) is 18.4. The molecule has 0 heterocycles. The van der Waals surface area contributed by atoms with Crippen LogP contribution in [-0.2, 0) is 4.74 Å². The molecule has 1 amide bonds. The van der Waals surface area contributed by atoms with E-state index in [1.807, 2.05) is 27.7 Å². The van der Waals surface area contributed by atoms with Crippen LogP contribution in [0.2, 0.25) is 0 Å². The number of nitrogens with zero attached hydrogens (tertiary/aromatic N) is 1. The molecular formula is C22H35FN4O3. The molecule has 0 aromatic heterocycles. The second kappa shape index (κ2) is 11.2. The van der Waals surface area contributed by atoms with E-state index >= 15 is 0 Å². The van der Waals surface area contributed by atoms with Gasteiger partial charge >= 0.3 is 6.09 Å². The van der Waals surface area contributed by atoms with Gasteiger partial charge in [-0.2, -0.15) is 0 Å². The molecule has 2 rings (SSSR count). The molecule has 0 bridgehead atoms. The molecule has 0 aliphatic heterocycles. The van der Waals surface area contributed by atoms with Gasteiger partial charge in [-0.15, -0.1) is 0 Å². The number of ether oxygens (including phenoxy) is 1. The fourth-order valence-electron chi connectivity index (χ4n) is 3.34. The van der Waals surface area contributed by atoms with Crippen LogP contribution in [0.25, 0.3) is 0 Å². The number of halogens is 1. The van der Waals surface area contributed by atoms with Crippen molar-refractivity contribution in [3.63, 3.8) is 0 Å². The topological polar surface area (TPSA) is 95.0 Å². The second-order valence-electron chi connectivity index (χ2n) is 8.63. The lowest BCUT2D eigenvalue weighted by Crippen LogP contribution is -2.48. The molecule has 8 heteroatoms. The molecule has 1 fully saturated rings. The number of aliphatic hydroxyl groups is 1. The standard InChI is InChI=1S/C22H35FN4O3/c1-5-24-20(25-14-19(28)15-6-8-16(23)9-7-15)26-17-10-12-18(13-11-17)27-21(29)30-22(2,3)4/h6-9,17-19,28H,5,10-14H2,1-4H3,(H,27,29)(H2,24,25,26). The lowest BCUT2D eigenvalue weighted by molar-refractivity contribution is 0.0490. The maximum Gasteiger partial charge on any atom is 0.407 e. The van der Waals surface area contributed by atoms with Gasteiger partial charge in [0.05, 0.1) is 12.6 Å². The summed E-state index contributed by atoms with van der Waals surface area (Å²) in [6, 6.07) is 6.13. The fraction of sp³-hybridized carbons (Fsp3) is 0.636. The molecule has 1 aromatic rings. The largest absolute Gasteiger partial charge is 0.444 e. The van der Waals surface area contributed by atoms with Gasteiger partial charge in [-0.25, -0.2) is 9.18 Å². The maximum atomic E-state index is 13.0. The van der Waals surface area contributed by atoms with E-state index in [-0.39, 0.29) is 30.5 Å². The van der Waals surface area contributed by atoms with E-state index in [2.05, 4.69) is 20.9 Å². The minimum Gasteiger partial charge on any atom is -0.444 e. The average molecular weight is 423 g/mol. The summed E-state index contributed by atoms with van der Waals surface area (Å²) in [5.41, 5.74) is 0.128. The number of guanidine groups is 1. The highest BCUT2D eigenvalue weighted by atomic mass is 19.1. The van der Waals surface area contributed by atoms with Crippen LogP contribution in [0.3, 0.4) is 0 Å². The van der Waals surface area contributed by atoms with Gasteiger partial charge in [-0.1, -0.05) is 12.1 Å². The van der Waals surface area contributed by atoms with Crippen molar-refractivity contribution in [1.29, 1.82) is 0 Å². The van der Waals surface area contributed by atoms with E-state index in [1.165, 1.54) is 12.1 Å². The monoisotopic (exact) mass is 422 g/mol. The second-order valence-corrected chi connectivity index (χ2v) is 8.63. The summed E-state index contributed by atoms with van der Waals surface area (Å²) in [6.45, 7) is 8.41. The minimum absolute atomic E-state index is 0.109. The Morgan fingerprint density at radius 2 is 1.73 bits per heavy atom. The van der Waals surface area contributed by atoms with Gasteiger partial charge in [-0.3, -0.25) is 4.99 Å². The SMILES string of the molecule is CCNC(=NCC(O)c1ccc(F)cc1)NC1CCC(NC(=O)OC(C)(C)C)CC1. The third-order valence-corrected chi connectivity index (χ3v) is 4.81. The van der Waals surface area contributed by atoms with Gasteiger partial charge in [0, 0.05) is 18.6 Å². The number of hydrogen-bond donors (Lipinski definition) is 4. The number of alkyl carbamates (subject to hydrolysis) is 1. The molecule has 1 aromatic carbocycles. The summed E-state index contributed by atoms with van der Waals surface area (Å²) < 4.78 is 18.4. The first-order valence-electron chi connectivity index (χ1n) is 10.6. The summed E-state index contributed by atoms with van der Waals surface area (Å²) in [5, 5.41) is 19.8. The molecule has 0 saturated heterocycles. The maximum absolute atomic E-state index is 13.0. The highest BCUT2D eigenvalue weighted by molar-refractivity contribution is 5.80. The molecule has 30 heavy (non-hydrogen) atoms. The van der Waals surface area contributed by atoms with E-state index < -0.39 is 11.7 Å². The van der Waals surface area contributed by atoms with Gasteiger partial charge in [0.25, 0.3) is 0 Å². The smallest absolute Gasteiger partial charge is 0.407 e.